The second-order valence-corrected chi connectivity index (χ2v) is 8.85. The Bertz CT molecular complexity index is 684. The molecule has 0 saturated carbocycles. The highest BCUT2D eigenvalue weighted by molar-refractivity contribution is 7.95. The molecular weight excluding hydrogens is 316 g/mol. The van der Waals surface area contributed by atoms with E-state index in [1.807, 2.05) is 0 Å². The molecule has 0 saturated heterocycles. The van der Waals surface area contributed by atoms with Crippen LogP contribution in [0.15, 0.2) is 23.1 Å². The van der Waals surface area contributed by atoms with Crippen LogP contribution in [0.4, 0.5) is 5.69 Å². The quantitative estimate of drug-likeness (QED) is 0.716. The van der Waals surface area contributed by atoms with Gasteiger partial charge in [0.25, 0.3) is 0 Å². The van der Waals surface area contributed by atoms with E-state index in [1.165, 1.54) is 25.3 Å². The molecule has 0 aliphatic heterocycles. The highest BCUT2D eigenvalue weighted by Crippen LogP contribution is 2.26. The van der Waals surface area contributed by atoms with Gasteiger partial charge in [-0.05, 0) is 19.2 Å². The van der Waals surface area contributed by atoms with Crippen molar-refractivity contribution in [1.29, 1.82) is 0 Å². The van der Waals surface area contributed by atoms with Crippen molar-refractivity contribution in [2.24, 2.45) is 0 Å². The molecule has 0 unspecified atom stereocenters. The predicted molar refractivity (Wildman–Crippen MR) is 80.4 cm³/mol. The lowest BCUT2D eigenvalue weighted by atomic mass is 10.3. The van der Waals surface area contributed by atoms with Crippen molar-refractivity contribution in [1.82, 2.24) is 11.1 Å². The van der Waals surface area contributed by atoms with Crippen LogP contribution in [0.2, 0.25) is 0 Å². The molecule has 9 heteroatoms. The number of rotatable bonds is 8. The third kappa shape index (κ3) is 5.18. The third-order valence-electron chi connectivity index (χ3n) is 2.86. The average Bonchev–Trinajstić information content (AvgIpc) is 2.44. The summed E-state index contributed by atoms with van der Waals surface area (Å²) >= 11 is 0. The molecule has 0 aromatic heterocycles. The van der Waals surface area contributed by atoms with Gasteiger partial charge in [0.1, 0.15) is 5.75 Å². The lowest BCUT2D eigenvalue weighted by molar-refractivity contribution is 0.414. The van der Waals surface area contributed by atoms with Crippen LogP contribution in [0, 0.1) is 0 Å². The van der Waals surface area contributed by atoms with Crippen LogP contribution in [-0.4, -0.2) is 54.8 Å². The average molecular weight is 335 g/mol. The number of hydrogen-bond donors (Lipinski definition) is 1. The zero-order valence-electron chi connectivity index (χ0n) is 11.9. The predicted octanol–water partition coefficient (Wildman–Crippen LogP) is 0.0175. The van der Waals surface area contributed by atoms with Crippen LogP contribution >= 0.6 is 0 Å². The summed E-state index contributed by atoms with van der Waals surface area (Å²) in [5, 5.41) is 2.71. The number of nitrogens with one attached hydrogen (secondary N) is 2. The van der Waals surface area contributed by atoms with Gasteiger partial charge in [0.15, 0.2) is 19.7 Å². The molecular formula is C12H19N2O5S2. The fourth-order valence-corrected chi connectivity index (χ4v) is 4.99. The van der Waals surface area contributed by atoms with E-state index in [0.29, 0.717) is 0 Å². The molecule has 21 heavy (non-hydrogen) atoms. The van der Waals surface area contributed by atoms with Crippen LogP contribution < -0.4 is 15.8 Å². The molecule has 0 heterocycles. The van der Waals surface area contributed by atoms with Gasteiger partial charge in [-0.1, -0.05) is 0 Å². The van der Waals surface area contributed by atoms with Crippen molar-refractivity contribution in [3.05, 3.63) is 18.2 Å². The van der Waals surface area contributed by atoms with E-state index in [9.17, 15) is 16.8 Å². The summed E-state index contributed by atoms with van der Waals surface area (Å²) in [6, 6.07) is 3.82. The van der Waals surface area contributed by atoms with Crippen LogP contribution in [0.25, 0.3) is 0 Å². The Kier molecular flexibility index (Phi) is 5.99. The highest BCUT2D eigenvalue weighted by Gasteiger charge is 2.20. The Morgan fingerprint density at radius 3 is 2.38 bits per heavy atom. The van der Waals surface area contributed by atoms with Gasteiger partial charge < -0.3 is 10.1 Å². The van der Waals surface area contributed by atoms with E-state index in [0.717, 1.165) is 0 Å². The van der Waals surface area contributed by atoms with Crippen molar-refractivity contribution in [2.45, 2.75) is 4.90 Å². The molecule has 1 rings (SSSR count). The van der Waals surface area contributed by atoms with Crippen molar-refractivity contribution in [2.75, 3.05) is 38.0 Å². The first kappa shape index (κ1) is 17.7. The van der Waals surface area contributed by atoms with Gasteiger partial charge in [-0.2, -0.15) is 0 Å². The summed E-state index contributed by atoms with van der Waals surface area (Å²) in [6.45, 7) is 0.281. The maximum absolute atomic E-state index is 12.1. The second kappa shape index (κ2) is 7.10. The van der Waals surface area contributed by atoms with Crippen molar-refractivity contribution >= 4 is 25.4 Å². The van der Waals surface area contributed by atoms with E-state index in [-0.39, 0.29) is 28.6 Å². The topological polar surface area (TPSA) is 113 Å². The molecule has 1 aromatic rings. The fourth-order valence-electron chi connectivity index (χ4n) is 1.58. The molecule has 0 aliphatic rings. The molecule has 119 valence electrons. The van der Waals surface area contributed by atoms with Crippen LogP contribution in [-0.2, 0) is 19.7 Å². The Morgan fingerprint density at radius 2 is 1.81 bits per heavy atom. The van der Waals surface area contributed by atoms with Gasteiger partial charge in [0, 0.05) is 12.6 Å². The Balaban J connectivity index is 2.87. The first-order chi connectivity index (χ1) is 9.72. The number of ether oxygens (including phenoxy) is 1. The minimum Gasteiger partial charge on any atom is -0.494 e. The van der Waals surface area contributed by atoms with E-state index in [1.54, 1.807) is 7.05 Å². The Labute approximate surface area is 125 Å². The summed E-state index contributed by atoms with van der Waals surface area (Å²) < 4.78 is 52.5. The van der Waals surface area contributed by atoms with Gasteiger partial charge >= 0.3 is 0 Å². The lowest BCUT2D eigenvalue weighted by Crippen LogP contribution is -2.25. The van der Waals surface area contributed by atoms with Gasteiger partial charge in [0.2, 0.25) is 0 Å². The zero-order valence-corrected chi connectivity index (χ0v) is 13.6. The molecule has 0 amide bonds. The van der Waals surface area contributed by atoms with Gasteiger partial charge in [-0.25, -0.2) is 16.8 Å². The molecule has 0 aliphatic carbocycles. The monoisotopic (exact) mass is 335 g/mol. The van der Waals surface area contributed by atoms with Gasteiger partial charge in [0.05, 0.1) is 35.0 Å². The summed E-state index contributed by atoms with van der Waals surface area (Å²) in [4.78, 5) is -0.0424. The minimum absolute atomic E-state index is 0.0424. The van der Waals surface area contributed by atoms with E-state index < -0.39 is 31.2 Å². The normalized spacial score (nSPS) is 12.3. The first-order valence-corrected chi connectivity index (χ1v) is 9.66. The smallest absolute Gasteiger partial charge is 0.179 e. The summed E-state index contributed by atoms with van der Waals surface area (Å²) in [7, 11) is -4.18. The van der Waals surface area contributed by atoms with Gasteiger partial charge in [-0.3, -0.25) is 5.73 Å². The highest BCUT2D eigenvalue weighted by atomic mass is 32.2. The lowest BCUT2D eigenvalue weighted by Gasteiger charge is -2.08. The number of methoxy groups -OCH3 is 1. The fraction of sp³-hybridized carbons (Fsp3) is 0.500. The summed E-state index contributed by atoms with van der Waals surface area (Å²) in [5.74, 6) is -0.885. The number of benzene rings is 1. The molecule has 7 nitrogen and oxygen atoms in total. The van der Waals surface area contributed by atoms with Crippen molar-refractivity contribution in [3.63, 3.8) is 0 Å². The Morgan fingerprint density at radius 1 is 1.14 bits per heavy atom. The molecule has 1 radical (unpaired) electrons. The van der Waals surface area contributed by atoms with E-state index in [4.69, 9.17) is 10.5 Å². The maximum Gasteiger partial charge on any atom is 0.179 e. The van der Waals surface area contributed by atoms with E-state index >= 15 is 0 Å². The van der Waals surface area contributed by atoms with Crippen LogP contribution in [0.5, 0.6) is 5.75 Å². The zero-order chi connectivity index (χ0) is 16.1. The SMILES string of the molecule is CNCCS(=O)(=O)CCS(=O)(=O)c1ccc([NH])c(OC)c1. The standard InChI is InChI=1S/C12H19N2O5S2/c1-14-5-6-20(15,16)7-8-21(17,18)10-3-4-11(13)12(9-10)19-2/h3-4,9,13-14H,5-8H2,1-2H3. The van der Waals surface area contributed by atoms with Crippen molar-refractivity contribution < 1.29 is 21.6 Å². The Hall–Kier alpha value is -1.32. The van der Waals surface area contributed by atoms with Gasteiger partial charge in [-0.15, -0.1) is 0 Å². The second-order valence-electron chi connectivity index (χ2n) is 4.44. The first-order valence-electron chi connectivity index (χ1n) is 6.19. The minimum atomic E-state index is -3.73. The summed E-state index contributed by atoms with van der Waals surface area (Å²) in [6.07, 6.45) is 0. The number of sulfone groups is 2. The molecule has 2 N–H and O–H groups in total. The largest absolute Gasteiger partial charge is 0.494 e. The summed E-state index contributed by atoms with van der Waals surface area (Å²) in [5.41, 5.74) is 7.59. The molecule has 0 spiro atoms. The van der Waals surface area contributed by atoms with Crippen molar-refractivity contribution in [3.8, 4) is 5.75 Å². The molecule has 0 bridgehead atoms. The molecule has 0 fully saturated rings. The molecule has 1 aromatic carbocycles. The van der Waals surface area contributed by atoms with Crippen LogP contribution in [0.3, 0.4) is 0 Å². The molecule has 0 atom stereocenters. The maximum atomic E-state index is 12.1. The van der Waals surface area contributed by atoms with E-state index in [2.05, 4.69) is 5.32 Å². The third-order valence-corrected chi connectivity index (χ3v) is 6.48. The number of hydrogen-bond acceptors (Lipinski definition) is 6. The van der Waals surface area contributed by atoms with Crippen LogP contribution in [0.1, 0.15) is 0 Å².